The summed E-state index contributed by atoms with van der Waals surface area (Å²) in [5.74, 6) is -0.311. The number of hydrogen-bond acceptors (Lipinski definition) is 3. The van der Waals surface area contributed by atoms with Crippen molar-refractivity contribution in [2.45, 2.75) is 36.7 Å². The van der Waals surface area contributed by atoms with Gasteiger partial charge in [0.25, 0.3) is 11.5 Å². The largest absolute Gasteiger partial charge is 0.327 e. The monoisotopic (exact) mass is 375 g/mol. The summed E-state index contributed by atoms with van der Waals surface area (Å²) in [5, 5.41) is 6.07. The van der Waals surface area contributed by atoms with Crippen molar-refractivity contribution in [1.29, 1.82) is 0 Å². The molecule has 0 bridgehead atoms. The van der Waals surface area contributed by atoms with Gasteiger partial charge in [-0.25, -0.2) is 0 Å². The first kappa shape index (κ1) is 15.6. The molecule has 5 nitrogen and oxygen atoms in total. The molecule has 0 aromatic carbocycles. The Balaban J connectivity index is 2.19. The van der Waals surface area contributed by atoms with E-state index in [1.54, 1.807) is 6.92 Å². The number of piperidine rings is 1. The molecule has 0 radical (unpaired) electrons. The molecule has 0 saturated carbocycles. The number of carbonyl (C=O) groups excluding carboxylic acids is 1. The van der Waals surface area contributed by atoms with Crippen LogP contribution in [0.4, 0.5) is 8.78 Å². The number of halogens is 3. The highest BCUT2D eigenvalue weighted by atomic mass is 79.9. The quantitative estimate of drug-likeness (QED) is 0.769. The van der Waals surface area contributed by atoms with Crippen LogP contribution in [0.3, 0.4) is 0 Å². The number of alkyl halides is 3. The number of nitrogens with zero attached hydrogens (tertiary/aromatic N) is 1. The van der Waals surface area contributed by atoms with Crippen molar-refractivity contribution >= 4 is 21.8 Å². The van der Waals surface area contributed by atoms with Crippen molar-refractivity contribution < 1.29 is 13.6 Å². The Morgan fingerprint density at radius 1 is 1.36 bits per heavy atom. The smallest absolute Gasteiger partial charge is 0.305 e. The highest BCUT2D eigenvalue weighted by Crippen LogP contribution is 2.32. The predicted octanol–water partition coefficient (Wildman–Crippen LogP) is 1.47. The molecule has 3 heterocycles. The van der Waals surface area contributed by atoms with Crippen LogP contribution in [0.25, 0.3) is 0 Å². The van der Waals surface area contributed by atoms with E-state index >= 15 is 0 Å². The highest BCUT2D eigenvalue weighted by Gasteiger charge is 2.45. The average Bonchev–Trinajstić information content (AvgIpc) is 2.68. The summed E-state index contributed by atoms with van der Waals surface area (Å²) in [7, 11) is 0. The van der Waals surface area contributed by atoms with Crippen LogP contribution >= 0.6 is 15.9 Å². The van der Waals surface area contributed by atoms with E-state index in [0.717, 1.165) is 0 Å². The van der Waals surface area contributed by atoms with E-state index < -0.39 is 22.5 Å². The molecule has 1 amide bonds. The lowest BCUT2D eigenvalue weighted by Gasteiger charge is -2.35. The highest BCUT2D eigenvalue weighted by molar-refractivity contribution is 9.10. The summed E-state index contributed by atoms with van der Waals surface area (Å²) in [6, 6.07) is 1.39. The molecule has 0 unspecified atom stereocenters. The average molecular weight is 376 g/mol. The lowest BCUT2D eigenvalue weighted by atomic mass is 9.98. The lowest BCUT2D eigenvalue weighted by Crippen LogP contribution is -2.54. The van der Waals surface area contributed by atoms with Gasteiger partial charge in [-0.1, -0.05) is 0 Å². The second-order valence-electron chi connectivity index (χ2n) is 5.87. The third kappa shape index (κ3) is 2.48. The summed E-state index contributed by atoms with van der Waals surface area (Å²) in [6.07, 6.45) is 0.411. The third-order valence-corrected chi connectivity index (χ3v) is 4.56. The summed E-state index contributed by atoms with van der Waals surface area (Å²) >= 11 is 2.28. The fourth-order valence-electron chi connectivity index (χ4n) is 3.36. The van der Waals surface area contributed by atoms with Gasteiger partial charge < -0.3 is 10.6 Å². The number of nitrogens with one attached hydrogen (secondary N) is 2. The minimum Gasteiger partial charge on any atom is -0.327 e. The van der Waals surface area contributed by atoms with Crippen LogP contribution in [0, 0.1) is 6.92 Å². The first-order valence-corrected chi connectivity index (χ1v) is 7.89. The van der Waals surface area contributed by atoms with Crippen molar-refractivity contribution in [1.82, 2.24) is 15.2 Å². The van der Waals surface area contributed by atoms with E-state index in [0.29, 0.717) is 31.5 Å². The number of fused-ring (bicyclic) bond motifs is 2. The molecule has 1 spiro atoms. The molecule has 1 aromatic rings. The maximum atomic E-state index is 13.3. The van der Waals surface area contributed by atoms with Crippen LogP contribution in [-0.4, -0.2) is 28.4 Å². The molecule has 8 heteroatoms. The predicted molar refractivity (Wildman–Crippen MR) is 80.6 cm³/mol. The Labute approximate surface area is 134 Å². The zero-order valence-electron chi connectivity index (χ0n) is 12.0. The van der Waals surface area contributed by atoms with Crippen LogP contribution in [0.5, 0.6) is 0 Å². The zero-order chi connectivity index (χ0) is 16.1. The van der Waals surface area contributed by atoms with Gasteiger partial charge in [0.15, 0.2) is 0 Å². The standard InChI is InChI=1S/C14H16BrF2N3O2/c1-8-6-9(7-14(15,16)17)12(22)20-10(8)11(21)19-13(20)2-4-18-5-3-13/h6,18H,2-5,7H2,1H3,(H,19,21). The van der Waals surface area contributed by atoms with Gasteiger partial charge in [-0.05, 0) is 47.6 Å². The van der Waals surface area contributed by atoms with Gasteiger partial charge in [0, 0.05) is 18.4 Å². The number of carbonyl (C=O) groups is 1. The van der Waals surface area contributed by atoms with Gasteiger partial charge in [0.2, 0.25) is 0 Å². The lowest BCUT2D eigenvalue weighted by molar-refractivity contribution is 0.0884. The number of aryl methyl sites for hydroxylation is 1. The van der Waals surface area contributed by atoms with Gasteiger partial charge >= 0.3 is 4.83 Å². The van der Waals surface area contributed by atoms with Crippen molar-refractivity contribution in [3.8, 4) is 0 Å². The Kier molecular flexibility index (Phi) is 3.64. The van der Waals surface area contributed by atoms with Crippen LogP contribution in [-0.2, 0) is 12.1 Å². The van der Waals surface area contributed by atoms with Gasteiger partial charge in [-0.15, -0.1) is 0 Å². The van der Waals surface area contributed by atoms with Gasteiger partial charge in [-0.3, -0.25) is 14.2 Å². The fourth-order valence-corrected chi connectivity index (χ4v) is 3.66. The second kappa shape index (κ2) is 5.13. The molecule has 3 rings (SSSR count). The number of aromatic nitrogens is 1. The van der Waals surface area contributed by atoms with E-state index in [4.69, 9.17) is 0 Å². The Hall–Kier alpha value is -1.28. The number of rotatable bonds is 2. The summed E-state index contributed by atoms with van der Waals surface area (Å²) in [6.45, 7) is 2.98. The molecule has 2 aliphatic rings. The minimum absolute atomic E-state index is 0.0116. The molecule has 0 atom stereocenters. The minimum atomic E-state index is -3.15. The maximum absolute atomic E-state index is 13.3. The van der Waals surface area contributed by atoms with Gasteiger partial charge in [-0.2, -0.15) is 8.78 Å². The number of pyridine rings is 1. The van der Waals surface area contributed by atoms with E-state index in [-0.39, 0.29) is 17.2 Å². The second-order valence-corrected chi connectivity index (χ2v) is 7.03. The normalized spacial score (nSPS) is 20.1. The molecule has 1 saturated heterocycles. The van der Waals surface area contributed by atoms with Crippen molar-refractivity contribution in [2.75, 3.05) is 13.1 Å². The van der Waals surface area contributed by atoms with E-state index in [9.17, 15) is 18.4 Å². The Morgan fingerprint density at radius 2 is 2.00 bits per heavy atom. The van der Waals surface area contributed by atoms with Crippen LogP contribution < -0.4 is 16.2 Å². The first-order valence-electron chi connectivity index (χ1n) is 7.09. The van der Waals surface area contributed by atoms with Gasteiger partial charge in [0.05, 0.1) is 6.42 Å². The molecule has 120 valence electrons. The SMILES string of the molecule is Cc1cc(CC(F)(F)Br)c(=O)n2c1C(=O)NC21CCNCC1. The molecule has 2 aliphatic heterocycles. The zero-order valence-corrected chi connectivity index (χ0v) is 13.6. The molecule has 0 aliphatic carbocycles. The van der Waals surface area contributed by atoms with Crippen LogP contribution in [0.2, 0.25) is 0 Å². The summed E-state index contributed by atoms with van der Waals surface area (Å²) in [4.78, 5) is 21.8. The maximum Gasteiger partial charge on any atom is 0.305 e. The van der Waals surface area contributed by atoms with Crippen molar-refractivity contribution in [3.63, 3.8) is 0 Å². The molecule has 22 heavy (non-hydrogen) atoms. The molecular formula is C14H16BrF2N3O2. The van der Waals surface area contributed by atoms with Crippen LogP contribution in [0.1, 0.15) is 34.5 Å². The number of amides is 1. The van der Waals surface area contributed by atoms with Gasteiger partial charge in [0.1, 0.15) is 11.4 Å². The summed E-state index contributed by atoms with van der Waals surface area (Å²) in [5.41, 5.74) is -0.470. The van der Waals surface area contributed by atoms with E-state index in [1.165, 1.54) is 10.6 Å². The molecule has 1 fully saturated rings. The Bertz CT molecular complexity index is 691. The number of hydrogen-bond donors (Lipinski definition) is 2. The van der Waals surface area contributed by atoms with Crippen LogP contribution in [0.15, 0.2) is 10.9 Å². The fraction of sp³-hybridized carbons (Fsp3) is 0.571. The molecule has 2 N–H and O–H groups in total. The molecule has 1 aromatic heterocycles. The van der Waals surface area contributed by atoms with Crippen molar-refractivity contribution in [2.24, 2.45) is 0 Å². The first-order chi connectivity index (χ1) is 10.2. The summed E-state index contributed by atoms with van der Waals surface area (Å²) < 4.78 is 27.9. The van der Waals surface area contributed by atoms with Crippen molar-refractivity contribution in [3.05, 3.63) is 33.2 Å². The Morgan fingerprint density at radius 3 is 2.59 bits per heavy atom. The topological polar surface area (TPSA) is 63.1 Å². The van der Waals surface area contributed by atoms with E-state index in [2.05, 4.69) is 26.6 Å². The molecular weight excluding hydrogens is 360 g/mol. The van der Waals surface area contributed by atoms with E-state index in [1.807, 2.05) is 0 Å². The third-order valence-electron chi connectivity index (χ3n) is 4.28.